The van der Waals surface area contributed by atoms with Gasteiger partial charge in [0.1, 0.15) is 0 Å². The maximum atomic E-state index is 3.17. The topological polar surface area (TPSA) is 15.8 Å². The molecule has 1 radical (unpaired) electrons. The van der Waals surface area contributed by atoms with Crippen LogP contribution in [0.4, 0.5) is 0 Å². The van der Waals surface area contributed by atoms with Crippen molar-refractivity contribution in [2.75, 3.05) is 0 Å². The van der Waals surface area contributed by atoms with Gasteiger partial charge < -0.3 is 4.98 Å². The third-order valence-electron chi connectivity index (χ3n) is 1.73. The van der Waals surface area contributed by atoms with E-state index in [0.29, 0.717) is 0 Å². The van der Waals surface area contributed by atoms with Crippen LogP contribution in [0, 0.1) is 13.0 Å². The van der Waals surface area contributed by atoms with Crippen LogP contribution in [0.1, 0.15) is 5.56 Å². The molecular formula is C9H8NY-. The van der Waals surface area contributed by atoms with Crippen molar-refractivity contribution in [2.24, 2.45) is 0 Å². The number of fused-ring (bicyclic) bond motifs is 1. The van der Waals surface area contributed by atoms with Crippen molar-refractivity contribution in [1.82, 2.24) is 4.98 Å². The minimum atomic E-state index is 0. The Balaban J connectivity index is 0.000000605. The molecule has 0 spiro atoms. The number of aromatic nitrogens is 1. The first-order chi connectivity index (χ1) is 4.88. The normalized spacial score (nSPS) is 9.55. The fourth-order valence-corrected chi connectivity index (χ4v) is 1.15. The molecule has 1 N–H and O–H groups in total. The zero-order valence-electron chi connectivity index (χ0n) is 6.39. The molecule has 2 rings (SSSR count). The summed E-state index contributed by atoms with van der Waals surface area (Å²) < 4.78 is 0. The van der Waals surface area contributed by atoms with Crippen LogP contribution in [0.5, 0.6) is 0 Å². The molecular weight excluding hydrogens is 211 g/mol. The van der Waals surface area contributed by atoms with Gasteiger partial charge in [-0.25, -0.2) is 0 Å². The van der Waals surface area contributed by atoms with Gasteiger partial charge in [0, 0.05) is 32.7 Å². The molecule has 0 saturated carbocycles. The molecule has 0 aliphatic rings. The van der Waals surface area contributed by atoms with Gasteiger partial charge >= 0.3 is 0 Å². The molecule has 1 aromatic heterocycles. The molecule has 1 heterocycles. The van der Waals surface area contributed by atoms with Crippen molar-refractivity contribution in [1.29, 1.82) is 0 Å². The minimum absolute atomic E-state index is 0. The molecule has 53 valence electrons. The van der Waals surface area contributed by atoms with E-state index in [1.807, 2.05) is 24.4 Å². The van der Waals surface area contributed by atoms with E-state index < -0.39 is 0 Å². The Morgan fingerprint density at radius 3 is 3.00 bits per heavy atom. The third-order valence-corrected chi connectivity index (χ3v) is 1.73. The number of hydrogen-bond acceptors (Lipinski definition) is 0. The van der Waals surface area contributed by atoms with Crippen molar-refractivity contribution >= 4 is 10.9 Å². The standard InChI is InChI=1S/C9H8N.Y/c1-7-6-10-9-5-3-2-4-8(7)9;/h3-6,10H,1H3;/q-1;. The minimum Gasteiger partial charge on any atom is -0.384 e. The van der Waals surface area contributed by atoms with Gasteiger partial charge in [-0.3, -0.25) is 0 Å². The van der Waals surface area contributed by atoms with Gasteiger partial charge in [0.15, 0.2) is 0 Å². The summed E-state index contributed by atoms with van der Waals surface area (Å²) in [6, 6.07) is 8.99. The van der Waals surface area contributed by atoms with Gasteiger partial charge in [0.25, 0.3) is 0 Å². The van der Waals surface area contributed by atoms with E-state index in [0.717, 1.165) is 0 Å². The zero-order chi connectivity index (χ0) is 6.97. The molecule has 0 fully saturated rings. The molecule has 0 aliphatic heterocycles. The molecule has 0 bridgehead atoms. The van der Waals surface area contributed by atoms with Gasteiger partial charge in [0.2, 0.25) is 0 Å². The Labute approximate surface area is 91.1 Å². The van der Waals surface area contributed by atoms with E-state index in [4.69, 9.17) is 0 Å². The fourth-order valence-electron chi connectivity index (χ4n) is 1.15. The zero-order valence-corrected chi connectivity index (χ0v) is 9.23. The van der Waals surface area contributed by atoms with Crippen molar-refractivity contribution < 1.29 is 32.7 Å². The first kappa shape index (κ1) is 8.96. The fraction of sp³-hybridized carbons (Fsp3) is 0.111. The van der Waals surface area contributed by atoms with Crippen LogP contribution in [-0.4, -0.2) is 4.98 Å². The van der Waals surface area contributed by atoms with Gasteiger partial charge in [0.05, 0.1) is 0 Å². The van der Waals surface area contributed by atoms with Crippen LogP contribution in [0.25, 0.3) is 10.9 Å². The predicted octanol–water partition coefficient (Wildman–Crippen LogP) is 2.27. The van der Waals surface area contributed by atoms with E-state index in [9.17, 15) is 0 Å². The Bertz CT molecular complexity index is 351. The van der Waals surface area contributed by atoms with Crippen LogP contribution in [-0.2, 0) is 32.7 Å². The maximum Gasteiger partial charge on any atom is 0 e. The van der Waals surface area contributed by atoms with Crippen LogP contribution in [0.2, 0.25) is 0 Å². The van der Waals surface area contributed by atoms with E-state index in [1.54, 1.807) is 0 Å². The van der Waals surface area contributed by atoms with Gasteiger partial charge in [-0.15, -0.1) is 11.5 Å². The molecule has 0 unspecified atom stereocenters. The second-order valence-corrected chi connectivity index (χ2v) is 2.44. The average Bonchev–Trinajstić information content (AvgIpc) is 2.34. The Morgan fingerprint density at radius 1 is 1.45 bits per heavy atom. The number of H-pyrrole nitrogens is 1. The number of hydrogen-bond donors (Lipinski definition) is 1. The van der Waals surface area contributed by atoms with Crippen molar-refractivity contribution in [3.8, 4) is 0 Å². The molecule has 1 nitrogen and oxygen atoms in total. The van der Waals surface area contributed by atoms with E-state index >= 15 is 0 Å². The maximum absolute atomic E-state index is 3.17. The van der Waals surface area contributed by atoms with Crippen molar-refractivity contribution in [2.45, 2.75) is 6.92 Å². The van der Waals surface area contributed by atoms with Crippen LogP contribution >= 0.6 is 0 Å². The van der Waals surface area contributed by atoms with Gasteiger partial charge in [-0.05, 0) is 13.1 Å². The molecule has 2 heteroatoms. The summed E-state index contributed by atoms with van der Waals surface area (Å²) in [7, 11) is 0. The first-order valence-corrected chi connectivity index (χ1v) is 3.32. The molecule has 0 aliphatic carbocycles. The number of aryl methyl sites for hydroxylation is 1. The molecule has 0 atom stereocenters. The summed E-state index contributed by atoms with van der Waals surface area (Å²) >= 11 is 0. The summed E-state index contributed by atoms with van der Waals surface area (Å²) in [6.07, 6.45) is 2.01. The van der Waals surface area contributed by atoms with Crippen LogP contribution < -0.4 is 0 Å². The smallest absolute Gasteiger partial charge is 0 e. The Kier molecular flexibility index (Phi) is 2.86. The van der Waals surface area contributed by atoms with E-state index in [-0.39, 0.29) is 32.7 Å². The second kappa shape index (κ2) is 3.51. The number of nitrogens with one attached hydrogen (secondary N) is 1. The summed E-state index contributed by atoms with van der Waals surface area (Å²) in [4.78, 5) is 3.17. The average molecular weight is 219 g/mol. The summed E-state index contributed by atoms with van der Waals surface area (Å²) in [6.45, 7) is 2.09. The van der Waals surface area contributed by atoms with Gasteiger partial charge in [-0.1, -0.05) is 11.1 Å². The summed E-state index contributed by atoms with van der Waals surface area (Å²) in [5, 5.41) is 1.27. The quantitative estimate of drug-likeness (QED) is 0.654. The SMILES string of the molecule is Cc1c[nH]c2cc[c-]cc12.[Y]. The largest absolute Gasteiger partial charge is 0.384 e. The third kappa shape index (κ3) is 1.55. The number of benzene rings is 1. The summed E-state index contributed by atoms with van der Waals surface area (Å²) in [5.41, 5.74) is 2.48. The summed E-state index contributed by atoms with van der Waals surface area (Å²) in [5.74, 6) is 0. The Hall–Kier alpha value is -0.136. The second-order valence-electron chi connectivity index (χ2n) is 2.44. The number of rotatable bonds is 0. The molecule has 1 aromatic carbocycles. The van der Waals surface area contributed by atoms with Crippen molar-refractivity contribution in [3.05, 3.63) is 36.0 Å². The molecule has 2 aromatic rings. The van der Waals surface area contributed by atoms with Crippen molar-refractivity contribution in [3.63, 3.8) is 0 Å². The molecule has 0 saturated heterocycles. The predicted molar refractivity (Wildman–Crippen MR) is 41.9 cm³/mol. The van der Waals surface area contributed by atoms with E-state index in [1.165, 1.54) is 16.5 Å². The number of aromatic amines is 1. The first-order valence-electron chi connectivity index (χ1n) is 3.32. The molecule has 11 heavy (non-hydrogen) atoms. The Morgan fingerprint density at radius 2 is 2.27 bits per heavy atom. The van der Waals surface area contributed by atoms with Crippen LogP contribution in [0.15, 0.2) is 24.4 Å². The van der Waals surface area contributed by atoms with Gasteiger partial charge in [-0.2, -0.15) is 18.2 Å². The molecule has 0 amide bonds. The van der Waals surface area contributed by atoms with E-state index in [2.05, 4.69) is 18.0 Å². The van der Waals surface area contributed by atoms with Crippen LogP contribution in [0.3, 0.4) is 0 Å². The monoisotopic (exact) mass is 219 g/mol.